The van der Waals surface area contributed by atoms with Gasteiger partial charge in [0.05, 0.1) is 23.4 Å². The molecule has 0 atom stereocenters. The van der Waals surface area contributed by atoms with Gasteiger partial charge in [-0.15, -0.1) is 0 Å². The van der Waals surface area contributed by atoms with Gasteiger partial charge >= 0.3 is 12.1 Å². The zero-order valence-corrected chi connectivity index (χ0v) is 17.3. The molecule has 30 heavy (non-hydrogen) atoms. The lowest BCUT2D eigenvalue weighted by atomic mass is 10.2. The second kappa shape index (κ2) is 10.4. The standard InChI is InChI=1S/C20H22N2O7S/c1-15-5-3-4-6-18(15)22(14-21-13-19(23)24)20(25)29-11-12-30(26,27)17-9-7-16(28-2)8-10-17/h3-10,14H,11-13H2,1-2H3,(H,23,24). The molecule has 0 aromatic heterocycles. The minimum absolute atomic E-state index is 0.0816. The molecule has 0 aliphatic rings. The van der Waals surface area contributed by atoms with Gasteiger partial charge in [0.2, 0.25) is 0 Å². The maximum absolute atomic E-state index is 12.5. The molecule has 1 N–H and O–H groups in total. The summed E-state index contributed by atoms with van der Waals surface area (Å²) >= 11 is 0. The van der Waals surface area contributed by atoms with E-state index >= 15 is 0 Å². The molecule has 2 aromatic carbocycles. The molecule has 0 saturated carbocycles. The number of para-hydroxylation sites is 1. The Balaban J connectivity index is 2.08. The van der Waals surface area contributed by atoms with Crippen LogP contribution in [0.2, 0.25) is 0 Å². The first-order chi connectivity index (χ1) is 14.2. The Morgan fingerprint density at radius 2 is 1.80 bits per heavy atom. The number of ether oxygens (including phenoxy) is 2. The zero-order valence-electron chi connectivity index (χ0n) is 16.5. The average Bonchev–Trinajstić information content (AvgIpc) is 2.71. The van der Waals surface area contributed by atoms with Gasteiger partial charge in [-0.2, -0.15) is 0 Å². The van der Waals surface area contributed by atoms with E-state index in [9.17, 15) is 18.0 Å². The highest BCUT2D eigenvalue weighted by Crippen LogP contribution is 2.20. The Morgan fingerprint density at radius 1 is 1.13 bits per heavy atom. The lowest BCUT2D eigenvalue weighted by Gasteiger charge is -2.19. The molecule has 0 bridgehead atoms. The van der Waals surface area contributed by atoms with E-state index in [-0.39, 0.29) is 11.5 Å². The van der Waals surface area contributed by atoms with Crippen molar-refractivity contribution in [2.45, 2.75) is 11.8 Å². The van der Waals surface area contributed by atoms with Crippen LogP contribution in [-0.2, 0) is 19.4 Å². The van der Waals surface area contributed by atoms with Crippen molar-refractivity contribution >= 4 is 33.9 Å². The molecule has 0 spiro atoms. The number of nitrogens with zero attached hydrogens (tertiary/aromatic N) is 2. The Labute approximate surface area is 174 Å². The molecular weight excluding hydrogens is 412 g/mol. The summed E-state index contributed by atoms with van der Waals surface area (Å²) in [6, 6.07) is 12.7. The summed E-state index contributed by atoms with van der Waals surface area (Å²) in [7, 11) is -2.20. The summed E-state index contributed by atoms with van der Waals surface area (Å²) in [6.45, 7) is 0.846. The van der Waals surface area contributed by atoms with Crippen LogP contribution < -0.4 is 9.64 Å². The maximum Gasteiger partial charge on any atom is 0.419 e. The molecule has 1 amide bonds. The van der Waals surface area contributed by atoms with E-state index in [1.165, 1.54) is 31.4 Å². The minimum Gasteiger partial charge on any atom is -0.497 e. The van der Waals surface area contributed by atoms with Gasteiger partial charge < -0.3 is 14.6 Å². The van der Waals surface area contributed by atoms with Crippen LogP contribution in [-0.4, -0.2) is 57.9 Å². The van der Waals surface area contributed by atoms with Crippen molar-refractivity contribution in [2.24, 2.45) is 4.99 Å². The smallest absolute Gasteiger partial charge is 0.419 e. The molecule has 0 aliphatic heterocycles. The molecule has 9 nitrogen and oxygen atoms in total. The predicted octanol–water partition coefficient (Wildman–Crippen LogP) is 2.53. The summed E-state index contributed by atoms with van der Waals surface area (Å²) in [5.74, 6) is -1.05. The van der Waals surface area contributed by atoms with Crippen molar-refractivity contribution in [2.75, 3.05) is 30.9 Å². The van der Waals surface area contributed by atoms with Gasteiger partial charge in [-0.1, -0.05) is 18.2 Å². The fourth-order valence-electron chi connectivity index (χ4n) is 2.45. The van der Waals surface area contributed by atoms with Crippen LogP contribution in [0.15, 0.2) is 58.4 Å². The second-order valence-electron chi connectivity index (χ2n) is 6.12. The molecule has 0 aliphatic carbocycles. The highest BCUT2D eigenvalue weighted by Gasteiger charge is 2.20. The number of rotatable bonds is 9. The largest absolute Gasteiger partial charge is 0.497 e. The van der Waals surface area contributed by atoms with Crippen molar-refractivity contribution in [1.29, 1.82) is 0 Å². The van der Waals surface area contributed by atoms with Crippen LogP contribution in [0.4, 0.5) is 10.5 Å². The zero-order chi connectivity index (χ0) is 22.1. The quantitative estimate of drug-likeness (QED) is 0.475. The van der Waals surface area contributed by atoms with E-state index in [2.05, 4.69) is 4.99 Å². The summed E-state index contributed by atoms with van der Waals surface area (Å²) in [5.41, 5.74) is 1.16. The number of aliphatic imine (C=N–C) groups is 1. The van der Waals surface area contributed by atoms with Crippen molar-refractivity contribution < 1.29 is 32.6 Å². The number of hydrogen-bond donors (Lipinski definition) is 1. The van der Waals surface area contributed by atoms with Crippen molar-refractivity contribution in [3.05, 3.63) is 54.1 Å². The SMILES string of the molecule is COc1ccc(S(=O)(=O)CCOC(=O)N(C=NCC(=O)O)c2ccccc2C)cc1. The third-order valence-electron chi connectivity index (χ3n) is 3.99. The van der Waals surface area contributed by atoms with E-state index in [0.717, 1.165) is 16.8 Å². The van der Waals surface area contributed by atoms with Crippen LogP contribution in [0.25, 0.3) is 0 Å². The van der Waals surface area contributed by atoms with Crippen LogP contribution in [0.3, 0.4) is 0 Å². The number of aryl methyl sites for hydroxylation is 1. The Bertz CT molecular complexity index is 1020. The lowest BCUT2D eigenvalue weighted by molar-refractivity contribution is -0.135. The minimum atomic E-state index is -3.67. The van der Waals surface area contributed by atoms with Gasteiger partial charge in [0, 0.05) is 0 Å². The van der Waals surface area contributed by atoms with Gasteiger partial charge in [-0.05, 0) is 42.8 Å². The molecule has 0 saturated heterocycles. The fraction of sp³-hybridized carbons (Fsp3) is 0.250. The number of carbonyl (C=O) groups is 2. The number of amides is 1. The van der Waals surface area contributed by atoms with Crippen LogP contribution >= 0.6 is 0 Å². The van der Waals surface area contributed by atoms with Gasteiger partial charge in [0.1, 0.15) is 25.2 Å². The first-order valence-electron chi connectivity index (χ1n) is 8.85. The lowest BCUT2D eigenvalue weighted by Crippen LogP contribution is -2.32. The Kier molecular flexibility index (Phi) is 7.93. The Hall–Kier alpha value is -3.40. The van der Waals surface area contributed by atoms with E-state index < -0.39 is 34.2 Å². The number of anilines is 1. The number of sulfone groups is 1. The van der Waals surface area contributed by atoms with E-state index in [1.807, 2.05) is 0 Å². The number of carboxylic acid groups (broad SMARTS) is 1. The topological polar surface area (TPSA) is 123 Å². The van der Waals surface area contributed by atoms with Crippen molar-refractivity contribution in [3.8, 4) is 5.75 Å². The number of methoxy groups -OCH3 is 1. The number of carboxylic acids is 1. The van der Waals surface area contributed by atoms with Crippen LogP contribution in [0.5, 0.6) is 5.75 Å². The van der Waals surface area contributed by atoms with Crippen LogP contribution in [0, 0.1) is 6.92 Å². The van der Waals surface area contributed by atoms with Gasteiger partial charge in [-0.3, -0.25) is 9.79 Å². The van der Waals surface area contributed by atoms with Crippen LogP contribution in [0.1, 0.15) is 5.56 Å². The second-order valence-corrected chi connectivity index (χ2v) is 8.22. The fourth-order valence-corrected chi connectivity index (χ4v) is 3.54. The van der Waals surface area contributed by atoms with Gasteiger partial charge in [0.15, 0.2) is 9.84 Å². The number of benzene rings is 2. The summed E-state index contributed by atoms with van der Waals surface area (Å²) in [4.78, 5) is 28.0. The third kappa shape index (κ3) is 6.31. The first kappa shape index (κ1) is 22.9. The van der Waals surface area contributed by atoms with Gasteiger partial charge in [0.25, 0.3) is 0 Å². The molecule has 10 heteroatoms. The molecule has 0 fully saturated rings. The molecule has 160 valence electrons. The average molecular weight is 434 g/mol. The summed E-state index contributed by atoms with van der Waals surface area (Å²) in [5, 5.41) is 8.74. The third-order valence-corrected chi connectivity index (χ3v) is 5.69. The number of carbonyl (C=O) groups excluding carboxylic acids is 1. The normalized spacial score (nSPS) is 11.3. The van der Waals surface area contributed by atoms with E-state index in [4.69, 9.17) is 14.6 Å². The highest BCUT2D eigenvalue weighted by atomic mass is 32.2. The number of aliphatic carboxylic acids is 1. The van der Waals surface area contributed by atoms with E-state index in [0.29, 0.717) is 11.4 Å². The number of hydrogen-bond acceptors (Lipinski definition) is 7. The molecule has 0 radical (unpaired) electrons. The summed E-state index contributed by atoms with van der Waals surface area (Å²) < 4.78 is 35.0. The monoisotopic (exact) mass is 434 g/mol. The van der Waals surface area contributed by atoms with E-state index in [1.54, 1.807) is 31.2 Å². The van der Waals surface area contributed by atoms with Gasteiger partial charge in [-0.25, -0.2) is 18.1 Å². The molecule has 0 unspecified atom stereocenters. The predicted molar refractivity (Wildman–Crippen MR) is 111 cm³/mol. The summed E-state index contributed by atoms with van der Waals surface area (Å²) in [6.07, 6.45) is 0.180. The molecule has 2 rings (SSSR count). The van der Waals surface area contributed by atoms with Crippen molar-refractivity contribution in [1.82, 2.24) is 0 Å². The first-order valence-corrected chi connectivity index (χ1v) is 10.5. The molecular formula is C20H22N2O7S. The molecule has 0 heterocycles. The van der Waals surface area contributed by atoms with Crippen molar-refractivity contribution in [3.63, 3.8) is 0 Å². The molecule has 2 aromatic rings. The maximum atomic E-state index is 12.5. The Morgan fingerprint density at radius 3 is 2.40 bits per heavy atom. The highest BCUT2D eigenvalue weighted by molar-refractivity contribution is 7.91.